The van der Waals surface area contributed by atoms with E-state index < -0.39 is 62.7 Å². The number of carbonyl (C=O) groups excluding carboxylic acids is 2. The number of benzene rings is 3. The fourth-order valence-electron chi connectivity index (χ4n) is 3.53. The number of hydrogen-bond acceptors (Lipinski definition) is 9. The number of carbonyl (C=O) groups is 2. The van der Waals surface area contributed by atoms with Gasteiger partial charge in [-0.1, -0.05) is 63.7 Å². The van der Waals surface area contributed by atoms with E-state index in [2.05, 4.69) is 79.3 Å². The van der Waals surface area contributed by atoms with E-state index in [1.165, 1.54) is 36.2 Å². The van der Waals surface area contributed by atoms with Crippen LogP contribution in [-0.2, 0) is 29.8 Å². The van der Waals surface area contributed by atoms with Crippen LogP contribution < -0.4 is 10.2 Å². The molecule has 3 aromatic rings. The Bertz CT molecular complexity index is 1810. The Labute approximate surface area is 273 Å². The Hall–Kier alpha value is -2.00. The number of rotatable bonds is 10. The van der Waals surface area contributed by atoms with Crippen LogP contribution in [0.15, 0.2) is 62.5 Å². The molecule has 42 heavy (non-hydrogen) atoms. The molecule has 0 aromatic heterocycles. The van der Waals surface area contributed by atoms with Crippen LogP contribution in [0, 0.1) is 0 Å². The van der Waals surface area contributed by atoms with Gasteiger partial charge in [0.2, 0.25) is 11.8 Å². The number of fused-ring (bicyclic) bond motifs is 1. The minimum absolute atomic E-state index is 0.0568. The van der Waals surface area contributed by atoms with Crippen molar-refractivity contribution in [1.29, 1.82) is 0 Å². The largest absolute Gasteiger partial charge is 0.505 e. The van der Waals surface area contributed by atoms with Gasteiger partial charge in [0, 0.05) is 34.5 Å². The second-order valence-corrected chi connectivity index (χ2v) is 14.7. The summed E-state index contributed by atoms with van der Waals surface area (Å²) >= 11 is 12.7. The second-order valence-electron chi connectivity index (χ2n) is 8.44. The highest BCUT2D eigenvalue weighted by molar-refractivity contribution is 9.12. The summed E-state index contributed by atoms with van der Waals surface area (Å²) in [6.07, 6.45) is 0. The summed E-state index contributed by atoms with van der Waals surface area (Å²) in [6.45, 7) is 0. The highest BCUT2D eigenvalue weighted by Gasteiger charge is 2.25. The first-order chi connectivity index (χ1) is 19.5. The molecule has 2 amide bonds. The first kappa shape index (κ1) is 34.5. The quantitative estimate of drug-likeness (QED) is 0.112. The number of phenolic OH excluding ortho intramolecular Hbond substituents is 1. The smallest absolute Gasteiger partial charge is 0.296 e. The van der Waals surface area contributed by atoms with E-state index in [1.54, 1.807) is 0 Å². The lowest BCUT2D eigenvalue weighted by molar-refractivity contribution is -0.117. The molecule has 0 heterocycles. The lowest BCUT2D eigenvalue weighted by Crippen LogP contribution is -2.34. The Morgan fingerprint density at radius 2 is 1.52 bits per heavy atom. The van der Waals surface area contributed by atoms with Crippen molar-refractivity contribution >= 4 is 129 Å². The van der Waals surface area contributed by atoms with Crippen LogP contribution in [0.25, 0.3) is 10.8 Å². The van der Waals surface area contributed by atoms with Crippen molar-refractivity contribution in [3.05, 3.63) is 42.5 Å². The van der Waals surface area contributed by atoms with E-state index in [0.29, 0.717) is 11.0 Å². The molecule has 13 nitrogen and oxygen atoms in total. The van der Waals surface area contributed by atoms with Crippen LogP contribution in [0.4, 0.5) is 22.7 Å². The van der Waals surface area contributed by atoms with Gasteiger partial charge in [-0.05, 0) is 47.9 Å². The molecule has 0 aliphatic rings. The van der Waals surface area contributed by atoms with E-state index in [9.17, 15) is 40.6 Å². The fraction of sp³-hybridized carbons (Fsp3) is 0.217. The number of anilines is 2. The Morgan fingerprint density at radius 1 is 0.905 bits per heavy atom. The monoisotopic (exact) mass is 876 g/mol. The van der Waals surface area contributed by atoms with Crippen LogP contribution >= 0.6 is 63.7 Å². The predicted octanol–water partition coefficient (Wildman–Crippen LogP) is 5.67. The number of aromatic hydroxyl groups is 1. The molecule has 0 aliphatic carbocycles. The van der Waals surface area contributed by atoms with Crippen molar-refractivity contribution in [2.45, 2.75) is 19.4 Å². The van der Waals surface area contributed by atoms with Gasteiger partial charge >= 0.3 is 0 Å². The number of azo groups is 1. The molecule has 0 unspecified atom stereocenters. The minimum atomic E-state index is -5.04. The molecule has 3 aromatic carbocycles. The van der Waals surface area contributed by atoms with E-state index in [4.69, 9.17) is 0 Å². The van der Waals surface area contributed by atoms with Gasteiger partial charge in [-0.2, -0.15) is 16.8 Å². The Morgan fingerprint density at radius 3 is 2.10 bits per heavy atom. The summed E-state index contributed by atoms with van der Waals surface area (Å²) in [7, 11) is -8.41. The van der Waals surface area contributed by atoms with E-state index in [1.807, 2.05) is 0 Å². The standard InChI is InChI=1S/C23H20Br4N4O9S2/c1-31(23(34)16(27)10-25)13-3-4-14-11(6-13)7-19(42(38,39)40)20(21(14)32)30-29-17-8-12(28-22(33)15(26)9-24)2-5-18(17)41(35,36)37/h2-8,15-16,32H,9-10H2,1H3,(H,28,33)(H,35,36,37)(H,38,39,40)/t15-,16-/m0/s1. The average molecular weight is 880 g/mol. The maximum Gasteiger partial charge on any atom is 0.296 e. The zero-order valence-corrected chi connectivity index (χ0v) is 29.0. The van der Waals surface area contributed by atoms with Crippen molar-refractivity contribution in [3.63, 3.8) is 0 Å². The number of halogens is 4. The van der Waals surface area contributed by atoms with Crippen molar-refractivity contribution in [1.82, 2.24) is 0 Å². The molecular weight excluding hydrogens is 860 g/mol. The predicted molar refractivity (Wildman–Crippen MR) is 171 cm³/mol. The van der Waals surface area contributed by atoms with Gasteiger partial charge in [-0.25, -0.2) is 0 Å². The third kappa shape index (κ3) is 7.93. The summed E-state index contributed by atoms with van der Waals surface area (Å²) in [5.74, 6) is -1.55. The molecular formula is C23H20Br4N4O9S2. The summed E-state index contributed by atoms with van der Waals surface area (Å²) in [4.78, 5) is 23.3. The van der Waals surface area contributed by atoms with E-state index in [0.717, 1.165) is 18.2 Å². The summed E-state index contributed by atoms with van der Waals surface area (Å²) in [6, 6.07) is 8.43. The summed E-state index contributed by atoms with van der Waals surface area (Å²) in [5, 5.41) is 21.7. The van der Waals surface area contributed by atoms with Gasteiger partial charge in [0.15, 0.2) is 5.75 Å². The normalized spacial score (nSPS) is 13.7. The van der Waals surface area contributed by atoms with Gasteiger partial charge in [-0.15, -0.1) is 10.2 Å². The number of amides is 2. The number of phenols is 1. The zero-order chi connectivity index (χ0) is 31.6. The molecule has 4 N–H and O–H groups in total. The third-order valence-electron chi connectivity index (χ3n) is 5.62. The fourth-order valence-corrected chi connectivity index (χ4v) is 5.78. The molecule has 0 fully saturated rings. The van der Waals surface area contributed by atoms with Crippen molar-refractivity contribution < 1.29 is 40.6 Å². The van der Waals surface area contributed by atoms with Crippen molar-refractivity contribution in [3.8, 4) is 5.75 Å². The number of nitrogens with zero attached hydrogens (tertiary/aromatic N) is 3. The van der Waals surface area contributed by atoms with Gasteiger partial charge in [0.1, 0.15) is 30.8 Å². The first-order valence-corrected chi connectivity index (χ1v) is 18.2. The molecule has 0 spiro atoms. The minimum Gasteiger partial charge on any atom is -0.505 e. The molecule has 3 rings (SSSR count). The van der Waals surface area contributed by atoms with Crippen LogP contribution in [0.5, 0.6) is 5.75 Å². The van der Waals surface area contributed by atoms with Gasteiger partial charge in [-0.3, -0.25) is 18.7 Å². The van der Waals surface area contributed by atoms with Crippen molar-refractivity contribution in [2.24, 2.45) is 10.2 Å². The van der Waals surface area contributed by atoms with E-state index in [-0.39, 0.29) is 27.7 Å². The summed E-state index contributed by atoms with van der Waals surface area (Å²) < 4.78 is 68.0. The van der Waals surface area contributed by atoms with Gasteiger partial charge in [0.25, 0.3) is 20.2 Å². The summed E-state index contributed by atoms with van der Waals surface area (Å²) in [5.41, 5.74) is -0.859. The van der Waals surface area contributed by atoms with Gasteiger partial charge < -0.3 is 15.3 Å². The van der Waals surface area contributed by atoms with Crippen LogP contribution in [0.3, 0.4) is 0 Å². The topological polar surface area (TPSA) is 203 Å². The molecule has 0 saturated carbocycles. The highest BCUT2D eigenvalue weighted by Crippen LogP contribution is 2.43. The molecule has 19 heteroatoms. The SMILES string of the molecule is CN(C(=O)[C@@H](Br)CBr)c1ccc2c(O)c(N=Nc3cc(NC(=O)[C@@H](Br)CBr)ccc3S(=O)(=O)O)c(S(=O)(=O)O)cc2c1. The molecule has 2 atom stereocenters. The molecule has 0 aliphatic heterocycles. The lowest BCUT2D eigenvalue weighted by atomic mass is 10.1. The van der Waals surface area contributed by atoms with Crippen LogP contribution in [-0.4, -0.2) is 70.2 Å². The number of hydrogen-bond donors (Lipinski definition) is 4. The first-order valence-electron chi connectivity index (χ1n) is 11.3. The average Bonchev–Trinajstić information content (AvgIpc) is 2.93. The third-order valence-corrected chi connectivity index (χ3v) is 11.9. The lowest BCUT2D eigenvalue weighted by Gasteiger charge is -2.20. The number of nitrogens with one attached hydrogen (secondary N) is 1. The van der Waals surface area contributed by atoms with Crippen LogP contribution in [0.2, 0.25) is 0 Å². The van der Waals surface area contributed by atoms with Crippen LogP contribution in [0.1, 0.15) is 0 Å². The molecule has 0 bridgehead atoms. The maximum absolute atomic E-state index is 12.6. The Balaban J connectivity index is 2.18. The molecule has 226 valence electrons. The van der Waals surface area contributed by atoms with Gasteiger partial charge in [0.05, 0.1) is 0 Å². The Kier molecular flexibility index (Phi) is 11.3. The second kappa shape index (κ2) is 13.7. The highest BCUT2D eigenvalue weighted by atomic mass is 79.9. The molecule has 0 radical (unpaired) electrons. The van der Waals surface area contributed by atoms with Crippen molar-refractivity contribution in [2.75, 3.05) is 27.9 Å². The zero-order valence-electron chi connectivity index (χ0n) is 21.1. The number of alkyl halides is 4. The van der Waals surface area contributed by atoms with E-state index >= 15 is 0 Å². The molecule has 0 saturated heterocycles. The maximum atomic E-state index is 12.6.